The van der Waals surface area contributed by atoms with E-state index < -0.39 is 0 Å². The number of benzene rings is 1. The van der Waals surface area contributed by atoms with Gasteiger partial charge in [-0.1, -0.05) is 28.1 Å². The van der Waals surface area contributed by atoms with Crippen molar-refractivity contribution < 1.29 is 0 Å². The number of aromatic nitrogens is 3. The van der Waals surface area contributed by atoms with Crippen LogP contribution in [0.2, 0.25) is 0 Å². The first kappa shape index (κ1) is 18.7. The van der Waals surface area contributed by atoms with Crippen LogP contribution in [-0.2, 0) is 0 Å². The molecule has 1 aromatic carbocycles. The summed E-state index contributed by atoms with van der Waals surface area (Å²) in [5, 5.41) is 6.85. The molecule has 0 atom stereocenters. The van der Waals surface area contributed by atoms with Crippen LogP contribution >= 0.6 is 27.3 Å². The SMILES string of the molecule is Brc1ccc(-c2csc3nc(-c4ccncc4)nc(N4CCCNCC4)c23)cc1. The molecule has 0 unspecified atom stereocenters. The molecule has 146 valence electrons. The molecule has 1 fully saturated rings. The monoisotopic (exact) mass is 465 g/mol. The summed E-state index contributed by atoms with van der Waals surface area (Å²) >= 11 is 5.22. The summed E-state index contributed by atoms with van der Waals surface area (Å²) < 4.78 is 1.08. The zero-order valence-electron chi connectivity index (χ0n) is 15.8. The summed E-state index contributed by atoms with van der Waals surface area (Å²) in [5.74, 6) is 1.79. The maximum atomic E-state index is 5.07. The van der Waals surface area contributed by atoms with Crippen molar-refractivity contribution in [3.8, 4) is 22.5 Å². The first-order valence-electron chi connectivity index (χ1n) is 9.71. The number of thiophene rings is 1. The van der Waals surface area contributed by atoms with Gasteiger partial charge in [0.25, 0.3) is 0 Å². The van der Waals surface area contributed by atoms with E-state index in [9.17, 15) is 0 Å². The molecular weight excluding hydrogens is 446 g/mol. The van der Waals surface area contributed by atoms with Gasteiger partial charge in [-0.15, -0.1) is 11.3 Å². The summed E-state index contributed by atoms with van der Waals surface area (Å²) in [4.78, 5) is 17.6. The second-order valence-electron chi connectivity index (χ2n) is 7.03. The van der Waals surface area contributed by atoms with Gasteiger partial charge in [-0.3, -0.25) is 4.98 Å². The maximum Gasteiger partial charge on any atom is 0.163 e. The Labute approximate surface area is 182 Å². The number of nitrogens with one attached hydrogen (secondary N) is 1. The molecule has 0 amide bonds. The molecule has 0 bridgehead atoms. The maximum absolute atomic E-state index is 5.07. The van der Waals surface area contributed by atoms with Crippen LogP contribution in [-0.4, -0.2) is 41.1 Å². The number of fused-ring (bicyclic) bond motifs is 1. The fourth-order valence-electron chi connectivity index (χ4n) is 3.68. The third kappa shape index (κ3) is 3.77. The Morgan fingerprint density at radius 1 is 0.931 bits per heavy atom. The number of pyridine rings is 1. The topological polar surface area (TPSA) is 53.9 Å². The predicted octanol–water partition coefficient (Wildman–Crippen LogP) is 4.98. The highest BCUT2D eigenvalue weighted by molar-refractivity contribution is 9.10. The number of nitrogens with zero attached hydrogens (tertiary/aromatic N) is 4. The van der Waals surface area contributed by atoms with Gasteiger partial charge in [-0.25, -0.2) is 9.97 Å². The quantitative estimate of drug-likeness (QED) is 0.462. The average molecular weight is 466 g/mol. The second-order valence-corrected chi connectivity index (χ2v) is 8.81. The van der Waals surface area contributed by atoms with Gasteiger partial charge in [0.05, 0.1) is 5.39 Å². The lowest BCUT2D eigenvalue weighted by molar-refractivity contribution is 0.724. The summed E-state index contributed by atoms with van der Waals surface area (Å²) in [6, 6.07) is 12.4. The number of hydrogen-bond donors (Lipinski definition) is 1. The highest BCUT2D eigenvalue weighted by Gasteiger charge is 2.21. The van der Waals surface area contributed by atoms with Crippen molar-refractivity contribution in [2.45, 2.75) is 6.42 Å². The van der Waals surface area contributed by atoms with Crippen molar-refractivity contribution >= 4 is 43.3 Å². The molecule has 7 heteroatoms. The zero-order chi connectivity index (χ0) is 19.6. The Hall–Kier alpha value is -2.35. The molecule has 1 aliphatic heterocycles. The highest BCUT2D eigenvalue weighted by atomic mass is 79.9. The van der Waals surface area contributed by atoms with Gasteiger partial charge in [0.2, 0.25) is 0 Å². The van der Waals surface area contributed by atoms with E-state index in [1.165, 1.54) is 11.1 Å². The molecule has 0 spiro atoms. The molecule has 29 heavy (non-hydrogen) atoms. The highest BCUT2D eigenvalue weighted by Crippen LogP contribution is 2.40. The number of hydrogen-bond acceptors (Lipinski definition) is 6. The van der Waals surface area contributed by atoms with Crippen LogP contribution in [0.25, 0.3) is 32.7 Å². The number of rotatable bonds is 3. The third-order valence-electron chi connectivity index (χ3n) is 5.15. The van der Waals surface area contributed by atoms with E-state index in [1.807, 2.05) is 12.1 Å². The van der Waals surface area contributed by atoms with Crippen LogP contribution in [0, 0.1) is 0 Å². The molecule has 5 nitrogen and oxygen atoms in total. The van der Waals surface area contributed by atoms with Crippen molar-refractivity contribution in [3.05, 3.63) is 58.6 Å². The van der Waals surface area contributed by atoms with Crippen LogP contribution in [0.5, 0.6) is 0 Å². The fraction of sp³-hybridized carbons (Fsp3) is 0.227. The third-order valence-corrected chi connectivity index (χ3v) is 6.55. The zero-order valence-corrected chi connectivity index (χ0v) is 18.2. The van der Waals surface area contributed by atoms with Gasteiger partial charge in [0.15, 0.2) is 5.82 Å². The lowest BCUT2D eigenvalue weighted by Gasteiger charge is -2.23. The van der Waals surface area contributed by atoms with Crippen molar-refractivity contribution in [1.82, 2.24) is 20.3 Å². The first-order chi connectivity index (χ1) is 14.3. The van der Waals surface area contributed by atoms with Gasteiger partial charge >= 0.3 is 0 Å². The van der Waals surface area contributed by atoms with E-state index in [0.29, 0.717) is 0 Å². The van der Waals surface area contributed by atoms with Crippen molar-refractivity contribution in [3.63, 3.8) is 0 Å². The Morgan fingerprint density at radius 2 is 1.76 bits per heavy atom. The molecule has 5 rings (SSSR count). The Bertz CT molecular complexity index is 1120. The minimum atomic E-state index is 0.760. The molecule has 1 saturated heterocycles. The van der Waals surface area contributed by atoms with E-state index in [0.717, 1.165) is 64.5 Å². The summed E-state index contributed by atoms with van der Waals surface area (Å²) in [6.07, 6.45) is 4.69. The Kier molecular flexibility index (Phi) is 5.26. The minimum absolute atomic E-state index is 0.760. The molecule has 0 aliphatic carbocycles. The lowest BCUT2D eigenvalue weighted by Crippen LogP contribution is -2.29. The summed E-state index contributed by atoms with van der Waals surface area (Å²) in [7, 11) is 0. The molecule has 4 aromatic rings. The van der Waals surface area contributed by atoms with Gasteiger partial charge in [-0.05, 0) is 42.8 Å². The standard InChI is InChI=1S/C22H20BrN5S/c23-17-4-2-15(3-5-17)18-14-29-22-19(18)21(28-12-1-8-24-11-13-28)26-20(27-22)16-6-9-25-10-7-16/h2-7,9-10,14,24H,1,8,11-13H2. The van der Waals surface area contributed by atoms with Gasteiger partial charge in [-0.2, -0.15) is 0 Å². The molecule has 4 heterocycles. The van der Waals surface area contributed by atoms with E-state index >= 15 is 0 Å². The Morgan fingerprint density at radius 3 is 2.59 bits per heavy atom. The van der Waals surface area contributed by atoms with E-state index in [1.54, 1.807) is 23.7 Å². The van der Waals surface area contributed by atoms with Crippen LogP contribution in [0.15, 0.2) is 58.6 Å². The van der Waals surface area contributed by atoms with Gasteiger partial charge in [0.1, 0.15) is 10.6 Å². The van der Waals surface area contributed by atoms with E-state index in [-0.39, 0.29) is 0 Å². The second kappa shape index (κ2) is 8.18. The summed E-state index contributed by atoms with van der Waals surface area (Å²) in [6.45, 7) is 3.95. The molecule has 0 saturated carbocycles. The molecular formula is C22H20BrN5S. The van der Waals surface area contributed by atoms with Crippen LogP contribution in [0.1, 0.15) is 6.42 Å². The lowest BCUT2D eigenvalue weighted by atomic mass is 10.1. The van der Waals surface area contributed by atoms with Crippen molar-refractivity contribution in [2.75, 3.05) is 31.1 Å². The number of anilines is 1. The summed E-state index contributed by atoms with van der Waals surface area (Å²) in [5.41, 5.74) is 3.38. The average Bonchev–Trinajstić information content (AvgIpc) is 3.00. The molecule has 3 aromatic heterocycles. The molecule has 0 radical (unpaired) electrons. The van der Waals surface area contributed by atoms with Crippen molar-refractivity contribution in [1.29, 1.82) is 0 Å². The van der Waals surface area contributed by atoms with Crippen molar-refractivity contribution in [2.24, 2.45) is 0 Å². The van der Waals surface area contributed by atoms with Crippen LogP contribution < -0.4 is 10.2 Å². The van der Waals surface area contributed by atoms with Crippen LogP contribution in [0.3, 0.4) is 0 Å². The van der Waals surface area contributed by atoms with Gasteiger partial charge < -0.3 is 10.2 Å². The van der Waals surface area contributed by atoms with Crippen LogP contribution in [0.4, 0.5) is 5.82 Å². The molecule has 1 aliphatic rings. The minimum Gasteiger partial charge on any atom is -0.355 e. The first-order valence-corrected chi connectivity index (χ1v) is 11.4. The molecule has 1 N–H and O–H groups in total. The Balaban J connectivity index is 1.71. The normalized spacial score (nSPS) is 14.9. The van der Waals surface area contributed by atoms with E-state index in [4.69, 9.17) is 9.97 Å². The fourth-order valence-corrected chi connectivity index (χ4v) is 4.89. The smallest absolute Gasteiger partial charge is 0.163 e. The van der Waals surface area contributed by atoms with E-state index in [2.05, 4.69) is 60.8 Å². The largest absolute Gasteiger partial charge is 0.355 e. The van der Waals surface area contributed by atoms with Gasteiger partial charge in [0, 0.05) is 53.0 Å². The predicted molar refractivity (Wildman–Crippen MR) is 123 cm³/mol. The number of halogens is 1.